The molecule has 5 rings (SSSR count). The molecule has 0 saturated carbocycles. The lowest BCUT2D eigenvalue weighted by Crippen LogP contribution is -2.41. The highest BCUT2D eigenvalue weighted by atomic mass is 16.3. The Kier molecular flexibility index (Phi) is 7.34. The van der Waals surface area contributed by atoms with Crippen LogP contribution in [0.4, 0.5) is 17.2 Å². The standard InChI is InChI=1S/C32H28N4O3/c1-21(37)24-11-8-14-27(19-24)36(26-12-6-3-7-13-26)32(39)29(23-9-4-2-5-10-23)35-31(38)25-16-15-22-17-18-34-30(33)28(22)20-25/h2-21,29,37H,1H3,(H2,33,34)(H,35,38)/t21?,29-/m1/s1. The number of amides is 2. The topological polar surface area (TPSA) is 109 Å². The minimum Gasteiger partial charge on any atom is -0.389 e. The van der Waals surface area contributed by atoms with Gasteiger partial charge >= 0.3 is 0 Å². The van der Waals surface area contributed by atoms with Crippen LogP contribution >= 0.6 is 0 Å². The fourth-order valence-electron chi connectivity index (χ4n) is 4.51. The summed E-state index contributed by atoms with van der Waals surface area (Å²) in [6, 6.07) is 31.5. The molecule has 0 radical (unpaired) electrons. The molecule has 0 saturated heterocycles. The number of nitrogens with two attached hydrogens (primary N) is 1. The molecule has 0 bridgehead atoms. The molecule has 0 spiro atoms. The first-order chi connectivity index (χ1) is 18.9. The zero-order valence-electron chi connectivity index (χ0n) is 21.4. The van der Waals surface area contributed by atoms with E-state index >= 15 is 0 Å². The van der Waals surface area contributed by atoms with Gasteiger partial charge < -0.3 is 16.2 Å². The van der Waals surface area contributed by atoms with Crippen LogP contribution < -0.4 is 16.0 Å². The number of pyridine rings is 1. The van der Waals surface area contributed by atoms with Crippen LogP contribution in [-0.4, -0.2) is 21.9 Å². The molecule has 2 amide bonds. The van der Waals surface area contributed by atoms with E-state index in [1.54, 1.807) is 72.6 Å². The number of carbonyl (C=O) groups excluding carboxylic acids is 2. The first-order valence-corrected chi connectivity index (χ1v) is 12.6. The van der Waals surface area contributed by atoms with Crippen LogP contribution in [0.5, 0.6) is 0 Å². The summed E-state index contributed by atoms with van der Waals surface area (Å²) in [7, 11) is 0. The minimum absolute atomic E-state index is 0.325. The normalized spacial score (nSPS) is 12.5. The number of nitrogens with one attached hydrogen (secondary N) is 1. The smallest absolute Gasteiger partial charge is 0.258 e. The van der Waals surface area contributed by atoms with E-state index in [4.69, 9.17) is 5.73 Å². The first kappa shape index (κ1) is 25.6. The number of rotatable bonds is 7. The second kappa shape index (κ2) is 11.2. The van der Waals surface area contributed by atoms with Gasteiger partial charge in [0.1, 0.15) is 11.9 Å². The lowest BCUT2D eigenvalue weighted by atomic mass is 10.0. The average molecular weight is 517 g/mol. The van der Waals surface area contributed by atoms with E-state index in [1.807, 2.05) is 54.6 Å². The zero-order chi connectivity index (χ0) is 27.4. The van der Waals surface area contributed by atoms with E-state index in [0.717, 1.165) is 5.39 Å². The molecule has 1 unspecified atom stereocenters. The maximum Gasteiger partial charge on any atom is 0.258 e. The molecule has 7 heteroatoms. The Hall–Kier alpha value is -5.01. The molecule has 7 nitrogen and oxygen atoms in total. The van der Waals surface area contributed by atoms with Gasteiger partial charge in [-0.2, -0.15) is 0 Å². The lowest BCUT2D eigenvalue weighted by Gasteiger charge is -2.29. The van der Waals surface area contributed by atoms with Crippen molar-refractivity contribution in [3.05, 3.63) is 132 Å². The van der Waals surface area contributed by atoms with Crippen molar-refractivity contribution in [3.8, 4) is 0 Å². The van der Waals surface area contributed by atoms with Gasteiger partial charge in [-0.05, 0) is 65.9 Å². The summed E-state index contributed by atoms with van der Waals surface area (Å²) >= 11 is 0. The largest absolute Gasteiger partial charge is 0.389 e. The van der Waals surface area contributed by atoms with Gasteiger partial charge in [0.05, 0.1) is 6.10 Å². The Morgan fingerprint density at radius 1 is 0.821 bits per heavy atom. The number of nitrogen functional groups attached to an aromatic ring is 1. The van der Waals surface area contributed by atoms with Crippen molar-refractivity contribution >= 4 is 39.8 Å². The molecule has 194 valence electrons. The monoisotopic (exact) mass is 516 g/mol. The molecule has 0 aliphatic carbocycles. The highest BCUT2D eigenvalue weighted by Crippen LogP contribution is 2.31. The number of carbonyl (C=O) groups is 2. The number of nitrogens with zero attached hydrogens (tertiary/aromatic N) is 2. The highest BCUT2D eigenvalue weighted by molar-refractivity contribution is 6.08. The zero-order valence-corrected chi connectivity index (χ0v) is 21.4. The third-order valence-corrected chi connectivity index (χ3v) is 6.56. The number of aromatic nitrogens is 1. The van der Waals surface area contributed by atoms with Gasteiger partial charge in [-0.25, -0.2) is 4.98 Å². The van der Waals surface area contributed by atoms with Gasteiger partial charge in [0.25, 0.3) is 11.8 Å². The van der Waals surface area contributed by atoms with Crippen molar-refractivity contribution < 1.29 is 14.7 Å². The fraction of sp³-hybridized carbons (Fsp3) is 0.0938. The first-order valence-electron chi connectivity index (χ1n) is 12.6. The van der Waals surface area contributed by atoms with Crippen LogP contribution in [0.3, 0.4) is 0 Å². The second-order valence-electron chi connectivity index (χ2n) is 9.23. The van der Waals surface area contributed by atoms with E-state index in [-0.39, 0.29) is 5.91 Å². The van der Waals surface area contributed by atoms with Gasteiger partial charge in [0, 0.05) is 28.5 Å². The van der Waals surface area contributed by atoms with Gasteiger partial charge in [0.15, 0.2) is 0 Å². The number of hydrogen-bond acceptors (Lipinski definition) is 5. The Morgan fingerprint density at radius 3 is 2.21 bits per heavy atom. The quantitative estimate of drug-likeness (QED) is 0.257. The molecule has 0 aliphatic rings. The van der Waals surface area contributed by atoms with Gasteiger partial charge in [-0.3, -0.25) is 14.5 Å². The number of aliphatic hydroxyl groups excluding tert-OH is 1. The van der Waals surface area contributed by atoms with Crippen LogP contribution in [0.25, 0.3) is 10.8 Å². The molecule has 2 atom stereocenters. The van der Waals surface area contributed by atoms with Crippen LogP contribution in [0, 0.1) is 0 Å². The Bertz CT molecular complexity index is 1620. The number of fused-ring (bicyclic) bond motifs is 1. The van der Waals surface area contributed by atoms with Crippen molar-refractivity contribution in [2.75, 3.05) is 10.6 Å². The Balaban J connectivity index is 1.57. The summed E-state index contributed by atoms with van der Waals surface area (Å²) in [6.07, 6.45) is 0.906. The SMILES string of the molecule is CC(O)c1cccc(N(C(=O)[C@H](NC(=O)c2ccc3ccnc(N)c3c2)c2ccccc2)c2ccccc2)c1. The number of anilines is 3. The summed E-state index contributed by atoms with van der Waals surface area (Å²) in [5, 5.41) is 14.7. The van der Waals surface area contributed by atoms with Gasteiger partial charge in [0.2, 0.25) is 0 Å². The molecule has 4 N–H and O–H groups in total. The molecular weight excluding hydrogens is 488 g/mol. The van der Waals surface area contributed by atoms with E-state index in [1.165, 1.54) is 0 Å². The summed E-state index contributed by atoms with van der Waals surface area (Å²) in [6.45, 7) is 1.67. The third-order valence-electron chi connectivity index (χ3n) is 6.56. The van der Waals surface area contributed by atoms with Crippen molar-refractivity contribution in [2.24, 2.45) is 0 Å². The van der Waals surface area contributed by atoms with Gasteiger partial charge in [-0.1, -0.05) is 66.7 Å². The van der Waals surface area contributed by atoms with Crippen molar-refractivity contribution in [2.45, 2.75) is 19.1 Å². The molecule has 4 aromatic carbocycles. The molecule has 0 fully saturated rings. The van der Waals surface area contributed by atoms with E-state index in [9.17, 15) is 14.7 Å². The van der Waals surface area contributed by atoms with Crippen LogP contribution in [0.1, 0.15) is 40.6 Å². The van der Waals surface area contributed by atoms with Crippen LogP contribution in [-0.2, 0) is 4.79 Å². The summed E-state index contributed by atoms with van der Waals surface area (Å²) in [4.78, 5) is 33.6. The van der Waals surface area contributed by atoms with Crippen molar-refractivity contribution in [3.63, 3.8) is 0 Å². The summed E-state index contributed by atoms with van der Waals surface area (Å²) < 4.78 is 0. The predicted molar refractivity (Wildman–Crippen MR) is 153 cm³/mol. The maximum absolute atomic E-state index is 14.4. The van der Waals surface area contributed by atoms with E-state index < -0.39 is 18.1 Å². The average Bonchev–Trinajstić information content (AvgIpc) is 2.97. The van der Waals surface area contributed by atoms with E-state index in [0.29, 0.717) is 39.3 Å². The molecule has 39 heavy (non-hydrogen) atoms. The highest BCUT2D eigenvalue weighted by Gasteiger charge is 2.30. The fourth-order valence-corrected chi connectivity index (χ4v) is 4.51. The van der Waals surface area contributed by atoms with Gasteiger partial charge in [-0.15, -0.1) is 0 Å². The maximum atomic E-state index is 14.4. The minimum atomic E-state index is -1.00. The third kappa shape index (κ3) is 5.49. The summed E-state index contributed by atoms with van der Waals surface area (Å²) in [5.41, 5.74) is 8.91. The van der Waals surface area contributed by atoms with Crippen molar-refractivity contribution in [1.82, 2.24) is 10.3 Å². The number of benzene rings is 4. The molecule has 5 aromatic rings. The number of aliphatic hydroxyl groups is 1. The number of hydrogen-bond donors (Lipinski definition) is 3. The predicted octanol–water partition coefficient (Wildman–Crippen LogP) is 5.71. The Morgan fingerprint density at radius 2 is 1.49 bits per heavy atom. The van der Waals surface area contributed by atoms with Crippen molar-refractivity contribution in [1.29, 1.82) is 0 Å². The van der Waals surface area contributed by atoms with Crippen LogP contribution in [0.2, 0.25) is 0 Å². The van der Waals surface area contributed by atoms with Crippen LogP contribution in [0.15, 0.2) is 115 Å². The molecule has 0 aliphatic heterocycles. The summed E-state index contributed by atoms with van der Waals surface area (Å²) in [5.74, 6) is -0.454. The second-order valence-corrected chi connectivity index (χ2v) is 9.23. The van der Waals surface area contributed by atoms with E-state index in [2.05, 4.69) is 10.3 Å². The molecular formula is C32H28N4O3. The number of para-hydroxylation sites is 1. The molecule has 1 heterocycles. The molecule has 1 aromatic heterocycles. The lowest BCUT2D eigenvalue weighted by molar-refractivity contribution is -0.119. The Labute approximate surface area is 226 Å².